The van der Waals surface area contributed by atoms with Crippen LogP contribution in [-0.4, -0.2) is 17.6 Å². The molecule has 0 atom stereocenters. The van der Waals surface area contributed by atoms with Crippen LogP contribution in [0.2, 0.25) is 0 Å². The predicted octanol–water partition coefficient (Wildman–Crippen LogP) is 2.57. The second-order valence-corrected chi connectivity index (χ2v) is 4.62. The lowest BCUT2D eigenvalue weighted by atomic mass is 9.83. The summed E-state index contributed by atoms with van der Waals surface area (Å²) in [5.41, 5.74) is 7.16. The van der Waals surface area contributed by atoms with Crippen LogP contribution in [0.1, 0.15) is 36.0 Å². The van der Waals surface area contributed by atoms with E-state index in [0.717, 1.165) is 18.9 Å². The standard InChI is InChI=1S/C13H18N2O2/c14-10-4-5-11(13(16)17)12(8-10)15-7-6-9-2-1-3-9/h4-5,8-9,15H,1-3,6-7,14H2,(H,16,17). The van der Waals surface area contributed by atoms with Crippen LogP contribution in [0.5, 0.6) is 0 Å². The van der Waals surface area contributed by atoms with Crippen LogP contribution < -0.4 is 11.1 Å². The van der Waals surface area contributed by atoms with Crippen LogP contribution in [0, 0.1) is 5.92 Å². The molecule has 0 bridgehead atoms. The molecule has 0 saturated heterocycles. The van der Waals surface area contributed by atoms with Crippen LogP contribution in [0.15, 0.2) is 18.2 Å². The number of carboxylic acids is 1. The van der Waals surface area contributed by atoms with Crippen molar-refractivity contribution < 1.29 is 9.90 Å². The van der Waals surface area contributed by atoms with Gasteiger partial charge in [0.2, 0.25) is 0 Å². The molecule has 0 heterocycles. The average Bonchev–Trinajstić information content (AvgIpc) is 2.21. The molecule has 1 aromatic carbocycles. The van der Waals surface area contributed by atoms with Crippen LogP contribution in [0.25, 0.3) is 0 Å². The predicted molar refractivity (Wildman–Crippen MR) is 68.3 cm³/mol. The minimum Gasteiger partial charge on any atom is -0.478 e. The molecule has 4 nitrogen and oxygen atoms in total. The van der Waals surface area contributed by atoms with E-state index in [4.69, 9.17) is 10.8 Å². The van der Waals surface area contributed by atoms with E-state index in [0.29, 0.717) is 11.4 Å². The third kappa shape index (κ3) is 2.90. The van der Waals surface area contributed by atoms with Crippen molar-refractivity contribution in [3.63, 3.8) is 0 Å². The van der Waals surface area contributed by atoms with Crippen LogP contribution >= 0.6 is 0 Å². The fourth-order valence-electron chi connectivity index (χ4n) is 2.09. The molecule has 1 saturated carbocycles. The van der Waals surface area contributed by atoms with Crippen LogP contribution in [0.3, 0.4) is 0 Å². The highest BCUT2D eigenvalue weighted by Crippen LogP contribution is 2.29. The second-order valence-electron chi connectivity index (χ2n) is 4.62. The highest BCUT2D eigenvalue weighted by Gasteiger charge is 2.17. The fourth-order valence-corrected chi connectivity index (χ4v) is 2.09. The maximum absolute atomic E-state index is 11.0. The van der Waals surface area contributed by atoms with E-state index < -0.39 is 5.97 Å². The number of carboxylic acid groups (broad SMARTS) is 1. The molecule has 92 valence electrons. The van der Waals surface area contributed by atoms with E-state index in [-0.39, 0.29) is 5.56 Å². The Labute approximate surface area is 101 Å². The number of rotatable bonds is 5. The molecule has 0 radical (unpaired) electrons. The molecule has 2 rings (SSSR count). The van der Waals surface area contributed by atoms with Crippen molar-refractivity contribution in [1.82, 2.24) is 0 Å². The van der Waals surface area contributed by atoms with Crippen molar-refractivity contribution in [3.05, 3.63) is 23.8 Å². The number of aromatic carboxylic acids is 1. The molecular formula is C13H18N2O2. The van der Waals surface area contributed by atoms with Gasteiger partial charge in [0, 0.05) is 12.2 Å². The lowest BCUT2D eigenvalue weighted by Gasteiger charge is -2.25. The quantitative estimate of drug-likeness (QED) is 0.684. The molecule has 1 aliphatic rings. The van der Waals surface area contributed by atoms with Crippen molar-refractivity contribution in [3.8, 4) is 0 Å². The van der Waals surface area contributed by atoms with E-state index in [2.05, 4.69) is 5.32 Å². The summed E-state index contributed by atoms with van der Waals surface area (Å²) >= 11 is 0. The van der Waals surface area contributed by atoms with E-state index in [1.54, 1.807) is 18.2 Å². The number of hydrogen-bond acceptors (Lipinski definition) is 3. The Hall–Kier alpha value is -1.71. The Morgan fingerprint density at radius 1 is 1.47 bits per heavy atom. The van der Waals surface area contributed by atoms with Gasteiger partial charge in [-0.15, -0.1) is 0 Å². The summed E-state index contributed by atoms with van der Waals surface area (Å²) in [7, 11) is 0. The summed E-state index contributed by atoms with van der Waals surface area (Å²) in [5, 5.41) is 12.2. The molecule has 0 amide bonds. The summed E-state index contributed by atoms with van der Waals surface area (Å²) < 4.78 is 0. The third-order valence-electron chi connectivity index (χ3n) is 3.37. The zero-order valence-electron chi connectivity index (χ0n) is 9.78. The van der Waals surface area contributed by atoms with Gasteiger partial charge >= 0.3 is 5.97 Å². The first-order chi connectivity index (χ1) is 8.16. The first-order valence-corrected chi connectivity index (χ1v) is 6.03. The fraction of sp³-hybridized carbons (Fsp3) is 0.462. The first kappa shape index (κ1) is 11.8. The number of hydrogen-bond donors (Lipinski definition) is 3. The molecular weight excluding hydrogens is 216 g/mol. The summed E-state index contributed by atoms with van der Waals surface area (Å²) in [6.45, 7) is 0.814. The number of carbonyl (C=O) groups is 1. The average molecular weight is 234 g/mol. The SMILES string of the molecule is Nc1ccc(C(=O)O)c(NCCC2CCC2)c1. The highest BCUT2D eigenvalue weighted by atomic mass is 16.4. The Morgan fingerprint density at radius 2 is 2.24 bits per heavy atom. The van der Waals surface area contributed by atoms with E-state index in [9.17, 15) is 4.79 Å². The van der Waals surface area contributed by atoms with Gasteiger partial charge in [0.1, 0.15) is 0 Å². The minimum absolute atomic E-state index is 0.285. The molecule has 17 heavy (non-hydrogen) atoms. The topological polar surface area (TPSA) is 75.4 Å². The largest absolute Gasteiger partial charge is 0.478 e. The molecule has 0 unspecified atom stereocenters. The normalized spacial score (nSPS) is 15.3. The van der Waals surface area contributed by atoms with E-state index >= 15 is 0 Å². The lowest BCUT2D eigenvalue weighted by Crippen LogP contribution is -2.16. The van der Waals surface area contributed by atoms with Crippen LogP contribution in [0.4, 0.5) is 11.4 Å². The number of nitrogens with two attached hydrogens (primary N) is 1. The van der Waals surface area contributed by atoms with Crippen molar-refractivity contribution in [2.75, 3.05) is 17.6 Å². The number of benzene rings is 1. The maximum Gasteiger partial charge on any atom is 0.337 e. The molecule has 1 aromatic rings. The molecule has 1 fully saturated rings. The van der Waals surface area contributed by atoms with Crippen molar-refractivity contribution in [2.45, 2.75) is 25.7 Å². The Kier molecular flexibility index (Phi) is 3.52. The molecule has 0 aromatic heterocycles. The van der Waals surface area contributed by atoms with Crippen molar-refractivity contribution in [2.24, 2.45) is 5.92 Å². The van der Waals surface area contributed by atoms with Gasteiger partial charge in [-0.25, -0.2) is 4.79 Å². The Morgan fingerprint density at radius 3 is 2.82 bits per heavy atom. The smallest absolute Gasteiger partial charge is 0.337 e. The van der Waals surface area contributed by atoms with Crippen molar-refractivity contribution >= 4 is 17.3 Å². The summed E-state index contributed by atoms with van der Waals surface area (Å²) in [6, 6.07) is 4.84. The number of anilines is 2. The van der Waals surface area contributed by atoms with Crippen LogP contribution in [-0.2, 0) is 0 Å². The van der Waals surface area contributed by atoms with Gasteiger partial charge in [-0.05, 0) is 30.5 Å². The summed E-state index contributed by atoms with van der Waals surface area (Å²) in [5.74, 6) is -0.104. The van der Waals surface area contributed by atoms with E-state index in [1.165, 1.54) is 19.3 Å². The maximum atomic E-state index is 11.0. The third-order valence-corrected chi connectivity index (χ3v) is 3.37. The van der Waals surface area contributed by atoms with Crippen molar-refractivity contribution in [1.29, 1.82) is 0 Å². The number of nitrogen functional groups attached to an aromatic ring is 1. The molecule has 0 spiro atoms. The number of nitrogens with one attached hydrogen (secondary N) is 1. The van der Waals surface area contributed by atoms with Gasteiger partial charge in [-0.1, -0.05) is 19.3 Å². The molecule has 1 aliphatic carbocycles. The van der Waals surface area contributed by atoms with Gasteiger partial charge in [0.15, 0.2) is 0 Å². The molecule has 4 heteroatoms. The van der Waals surface area contributed by atoms with Gasteiger partial charge in [0.25, 0.3) is 0 Å². The van der Waals surface area contributed by atoms with Gasteiger partial charge in [-0.3, -0.25) is 0 Å². The zero-order valence-corrected chi connectivity index (χ0v) is 9.78. The lowest BCUT2D eigenvalue weighted by molar-refractivity contribution is 0.0698. The van der Waals surface area contributed by atoms with Gasteiger partial charge < -0.3 is 16.2 Å². The highest BCUT2D eigenvalue weighted by molar-refractivity contribution is 5.95. The second kappa shape index (κ2) is 5.08. The molecule has 0 aliphatic heterocycles. The van der Waals surface area contributed by atoms with E-state index in [1.807, 2.05) is 0 Å². The monoisotopic (exact) mass is 234 g/mol. The Bertz CT molecular complexity index is 414. The Balaban J connectivity index is 1.97. The van der Waals surface area contributed by atoms with Gasteiger partial charge in [-0.2, -0.15) is 0 Å². The summed E-state index contributed by atoms with van der Waals surface area (Å²) in [6.07, 6.45) is 5.06. The van der Waals surface area contributed by atoms with Gasteiger partial charge in [0.05, 0.1) is 11.3 Å². The zero-order chi connectivity index (χ0) is 12.3. The first-order valence-electron chi connectivity index (χ1n) is 6.03. The minimum atomic E-state index is -0.920. The summed E-state index contributed by atoms with van der Waals surface area (Å²) in [4.78, 5) is 11.0. The molecule has 4 N–H and O–H groups in total.